The maximum atomic E-state index is 5.98. The van der Waals surface area contributed by atoms with Crippen LogP contribution in [0.5, 0.6) is 5.88 Å². The molecule has 0 unspecified atom stereocenters. The van der Waals surface area contributed by atoms with E-state index < -0.39 is 0 Å². The molecule has 1 N–H and O–H groups in total. The molecule has 112 valence electrons. The molecule has 0 atom stereocenters. The van der Waals surface area contributed by atoms with Crippen LogP contribution in [0.4, 0.5) is 0 Å². The Kier molecular flexibility index (Phi) is 5.84. The predicted molar refractivity (Wildman–Crippen MR) is 83.2 cm³/mol. The molecule has 0 amide bonds. The summed E-state index contributed by atoms with van der Waals surface area (Å²) in [5.74, 6) is 1.73. The van der Waals surface area contributed by atoms with Crippen molar-refractivity contribution in [3.63, 3.8) is 0 Å². The number of ether oxygens (including phenoxy) is 1. The van der Waals surface area contributed by atoms with E-state index in [1.165, 1.54) is 36.8 Å². The summed E-state index contributed by atoms with van der Waals surface area (Å²) < 4.78 is 5.98. The van der Waals surface area contributed by atoms with Crippen molar-refractivity contribution in [2.45, 2.75) is 59.4 Å². The Morgan fingerprint density at radius 1 is 1.35 bits per heavy atom. The lowest BCUT2D eigenvalue weighted by molar-refractivity contribution is 0.215. The summed E-state index contributed by atoms with van der Waals surface area (Å²) in [6.07, 6.45) is 6.49. The van der Waals surface area contributed by atoms with Crippen LogP contribution in [0.15, 0.2) is 6.07 Å². The molecule has 0 aliphatic heterocycles. The van der Waals surface area contributed by atoms with Crippen molar-refractivity contribution in [3.8, 4) is 5.88 Å². The summed E-state index contributed by atoms with van der Waals surface area (Å²) >= 11 is 0. The van der Waals surface area contributed by atoms with Crippen molar-refractivity contribution in [2.75, 3.05) is 13.2 Å². The predicted octanol–water partition coefficient (Wildman–Crippen LogP) is 3.77. The van der Waals surface area contributed by atoms with E-state index in [4.69, 9.17) is 4.74 Å². The molecule has 2 rings (SSSR count). The fraction of sp³-hybridized carbons (Fsp3) is 0.706. The third kappa shape index (κ3) is 4.20. The molecule has 1 aromatic heterocycles. The van der Waals surface area contributed by atoms with E-state index in [2.05, 4.69) is 30.2 Å². The second kappa shape index (κ2) is 7.63. The van der Waals surface area contributed by atoms with Crippen molar-refractivity contribution >= 4 is 0 Å². The van der Waals surface area contributed by atoms with Gasteiger partial charge in [0.2, 0.25) is 5.88 Å². The van der Waals surface area contributed by atoms with Gasteiger partial charge >= 0.3 is 0 Å². The van der Waals surface area contributed by atoms with Gasteiger partial charge in [0, 0.05) is 17.8 Å². The van der Waals surface area contributed by atoms with Gasteiger partial charge in [-0.3, -0.25) is 0 Å². The lowest BCUT2D eigenvalue weighted by atomic mass is 9.83. The van der Waals surface area contributed by atoms with Gasteiger partial charge in [0.25, 0.3) is 0 Å². The number of hydrogen-bond acceptors (Lipinski definition) is 3. The molecule has 20 heavy (non-hydrogen) atoms. The zero-order chi connectivity index (χ0) is 14.4. The Morgan fingerprint density at radius 2 is 2.15 bits per heavy atom. The van der Waals surface area contributed by atoms with E-state index in [0.717, 1.165) is 43.6 Å². The number of nitrogens with one attached hydrogen (secondary N) is 1. The van der Waals surface area contributed by atoms with E-state index in [1.54, 1.807) is 0 Å². The first-order valence-electron chi connectivity index (χ1n) is 8.01. The second-order valence-electron chi connectivity index (χ2n) is 5.98. The van der Waals surface area contributed by atoms with Crippen LogP contribution < -0.4 is 10.1 Å². The summed E-state index contributed by atoms with van der Waals surface area (Å²) in [6, 6.07) is 2.14. The number of aromatic nitrogens is 1. The van der Waals surface area contributed by atoms with Crippen LogP contribution >= 0.6 is 0 Å². The van der Waals surface area contributed by atoms with Crippen LogP contribution in [0, 0.1) is 19.8 Å². The lowest BCUT2D eigenvalue weighted by Crippen LogP contribution is -2.18. The SMILES string of the molecule is CCCNCc1c(C)cc(C)nc1OCCC1CCC1. The van der Waals surface area contributed by atoms with Crippen molar-refractivity contribution in [1.29, 1.82) is 0 Å². The summed E-state index contributed by atoms with van der Waals surface area (Å²) in [5.41, 5.74) is 3.54. The molecule has 0 bridgehead atoms. The molecule has 1 aliphatic carbocycles. The van der Waals surface area contributed by atoms with Gasteiger partial charge in [0.1, 0.15) is 0 Å². The van der Waals surface area contributed by atoms with Gasteiger partial charge in [0.15, 0.2) is 0 Å². The first kappa shape index (κ1) is 15.3. The summed E-state index contributed by atoms with van der Waals surface area (Å²) in [6.45, 7) is 9.07. The van der Waals surface area contributed by atoms with Gasteiger partial charge < -0.3 is 10.1 Å². The van der Waals surface area contributed by atoms with Crippen molar-refractivity contribution in [3.05, 3.63) is 22.9 Å². The Labute approximate surface area is 123 Å². The minimum absolute atomic E-state index is 0.807. The summed E-state index contributed by atoms with van der Waals surface area (Å²) in [4.78, 5) is 4.59. The molecule has 0 aromatic carbocycles. The number of rotatable bonds is 8. The molecule has 1 heterocycles. The zero-order valence-corrected chi connectivity index (χ0v) is 13.2. The Hall–Kier alpha value is -1.09. The van der Waals surface area contributed by atoms with Crippen LogP contribution in [0.1, 0.15) is 55.8 Å². The first-order chi connectivity index (χ1) is 9.70. The molecule has 3 heteroatoms. The van der Waals surface area contributed by atoms with E-state index in [1.807, 2.05) is 6.92 Å². The van der Waals surface area contributed by atoms with E-state index >= 15 is 0 Å². The molecule has 1 saturated carbocycles. The van der Waals surface area contributed by atoms with Crippen LogP contribution in [0.25, 0.3) is 0 Å². The van der Waals surface area contributed by atoms with Crippen LogP contribution in [-0.2, 0) is 6.54 Å². The zero-order valence-electron chi connectivity index (χ0n) is 13.2. The van der Waals surface area contributed by atoms with Crippen LogP contribution in [-0.4, -0.2) is 18.1 Å². The maximum Gasteiger partial charge on any atom is 0.218 e. The van der Waals surface area contributed by atoms with Gasteiger partial charge in [0.05, 0.1) is 6.61 Å². The second-order valence-corrected chi connectivity index (χ2v) is 5.98. The molecule has 3 nitrogen and oxygen atoms in total. The van der Waals surface area contributed by atoms with E-state index in [0.29, 0.717) is 0 Å². The van der Waals surface area contributed by atoms with Crippen molar-refractivity contribution in [2.24, 2.45) is 5.92 Å². The monoisotopic (exact) mass is 276 g/mol. The molecule has 1 aromatic rings. The molecule has 1 fully saturated rings. The summed E-state index contributed by atoms with van der Waals surface area (Å²) in [5, 5.41) is 3.45. The fourth-order valence-electron chi connectivity index (χ4n) is 2.66. The molecule has 1 aliphatic rings. The van der Waals surface area contributed by atoms with Gasteiger partial charge in [-0.25, -0.2) is 4.98 Å². The number of hydrogen-bond donors (Lipinski definition) is 1. The van der Waals surface area contributed by atoms with Gasteiger partial charge in [-0.2, -0.15) is 0 Å². The topological polar surface area (TPSA) is 34.2 Å². The minimum Gasteiger partial charge on any atom is -0.477 e. The Balaban J connectivity index is 1.95. The average molecular weight is 276 g/mol. The van der Waals surface area contributed by atoms with Crippen LogP contribution in [0.2, 0.25) is 0 Å². The quantitative estimate of drug-likeness (QED) is 0.734. The van der Waals surface area contributed by atoms with Crippen molar-refractivity contribution < 1.29 is 4.74 Å². The average Bonchev–Trinajstić information content (AvgIpc) is 2.35. The molecule has 0 spiro atoms. The number of nitrogens with zero attached hydrogens (tertiary/aromatic N) is 1. The first-order valence-corrected chi connectivity index (χ1v) is 8.01. The highest BCUT2D eigenvalue weighted by atomic mass is 16.5. The van der Waals surface area contributed by atoms with E-state index in [9.17, 15) is 0 Å². The minimum atomic E-state index is 0.807. The van der Waals surface area contributed by atoms with Crippen LogP contribution in [0.3, 0.4) is 0 Å². The Morgan fingerprint density at radius 3 is 2.80 bits per heavy atom. The number of pyridine rings is 1. The third-order valence-corrected chi connectivity index (χ3v) is 4.16. The molecular formula is C17H28N2O. The molecular weight excluding hydrogens is 248 g/mol. The summed E-state index contributed by atoms with van der Waals surface area (Å²) in [7, 11) is 0. The fourth-order valence-corrected chi connectivity index (χ4v) is 2.66. The van der Waals surface area contributed by atoms with E-state index in [-0.39, 0.29) is 0 Å². The normalized spacial score (nSPS) is 15.2. The molecule has 0 radical (unpaired) electrons. The van der Waals surface area contributed by atoms with Gasteiger partial charge in [-0.05, 0) is 50.8 Å². The highest BCUT2D eigenvalue weighted by Gasteiger charge is 2.17. The molecule has 0 saturated heterocycles. The maximum absolute atomic E-state index is 5.98. The highest BCUT2D eigenvalue weighted by Crippen LogP contribution is 2.29. The number of aryl methyl sites for hydroxylation is 2. The highest BCUT2D eigenvalue weighted by molar-refractivity contribution is 5.35. The largest absolute Gasteiger partial charge is 0.477 e. The smallest absolute Gasteiger partial charge is 0.218 e. The standard InChI is InChI=1S/C17H28N2O/c1-4-9-18-12-16-13(2)11-14(3)19-17(16)20-10-8-15-6-5-7-15/h11,15,18H,4-10,12H2,1-3H3. The van der Waals surface area contributed by atoms with Gasteiger partial charge in [-0.1, -0.05) is 26.2 Å². The Bertz CT molecular complexity index is 427. The third-order valence-electron chi connectivity index (χ3n) is 4.16. The van der Waals surface area contributed by atoms with Crippen molar-refractivity contribution in [1.82, 2.24) is 10.3 Å². The lowest BCUT2D eigenvalue weighted by Gasteiger charge is -2.25. The van der Waals surface area contributed by atoms with Gasteiger partial charge in [-0.15, -0.1) is 0 Å².